The molecule has 220 valence electrons. The number of terminal acetylenes is 1. The number of hydrogen-bond acceptors (Lipinski definition) is 8. The summed E-state index contributed by atoms with van der Waals surface area (Å²) in [5, 5.41) is 11.5. The smallest absolute Gasteiger partial charge is 0.319 e. The number of alkyl halides is 1. The zero-order valence-corrected chi connectivity index (χ0v) is 23.2. The van der Waals surface area contributed by atoms with Crippen LogP contribution in [0.25, 0.3) is 32.9 Å². The lowest BCUT2D eigenvalue weighted by molar-refractivity contribution is 0.107. The van der Waals surface area contributed by atoms with Crippen LogP contribution < -0.4 is 14.4 Å². The fourth-order valence-electron chi connectivity index (χ4n) is 7.52. The molecule has 1 unspecified atom stereocenters. The largest absolute Gasteiger partial charge is 0.508 e. The first-order chi connectivity index (χ1) is 20.8. The van der Waals surface area contributed by atoms with Crippen LogP contribution in [0.2, 0.25) is 0 Å². The predicted molar refractivity (Wildman–Crippen MR) is 154 cm³/mol. The number of nitrogens with zero attached hydrogens (tertiary/aromatic N) is 5. The number of halogens is 3. The summed E-state index contributed by atoms with van der Waals surface area (Å²) in [6.07, 6.45) is 8.68. The van der Waals surface area contributed by atoms with Crippen LogP contribution in [0.15, 0.2) is 24.3 Å². The Hall–Kier alpha value is -4.30. The van der Waals surface area contributed by atoms with Crippen LogP contribution >= 0.6 is 0 Å². The summed E-state index contributed by atoms with van der Waals surface area (Å²) in [5.74, 6) is 1.34. The number of pyridine rings is 1. The van der Waals surface area contributed by atoms with Crippen molar-refractivity contribution in [2.24, 2.45) is 0 Å². The Kier molecular flexibility index (Phi) is 5.88. The Morgan fingerprint density at radius 2 is 2.02 bits per heavy atom. The van der Waals surface area contributed by atoms with Crippen molar-refractivity contribution in [3.8, 4) is 41.2 Å². The van der Waals surface area contributed by atoms with Crippen LogP contribution in [0, 0.1) is 24.0 Å². The number of anilines is 1. The first kappa shape index (κ1) is 26.3. The van der Waals surface area contributed by atoms with Gasteiger partial charge in [0.15, 0.2) is 5.82 Å². The molecule has 0 saturated carbocycles. The van der Waals surface area contributed by atoms with E-state index in [2.05, 4.69) is 25.7 Å². The molecule has 4 aliphatic heterocycles. The lowest BCUT2D eigenvalue weighted by Gasteiger charge is -2.31. The van der Waals surface area contributed by atoms with Gasteiger partial charge in [-0.25, -0.2) is 18.2 Å². The van der Waals surface area contributed by atoms with Gasteiger partial charge in [0.2, 0.25) is 5.88 Å². The zero-order valence-electron chi connectivity index (χ0n) is 23.2. The summed E-state index contributed by atoms with van der Waals surface area (Å²) < 4.78 is 58.3. The molecule has 2 aromatic heterocycles. The molecule has 8 nitrogen and oxygen atoms in total. The summed E-state index contributed by atoms with van der Waals surface area (Å²) in [4.78, 5) is 18.1. The van der Waals surface area contributed by atoms with Gasteiger partial charge in [-0.05, 0) is 55.8 Å². The number of benzene rings is 2. The number of ether oxygens (including phenoxy) is 2. The van der Waals surface area contributed by atoms with Crippen molar-refractivity contribution < 1.29 is 27.8 Å². The summed E-state index contributed by atoms with van der Waals surface area (Å²) in [7, 11) is 0. The number of aromatic nitrogens is 3. The third kappa shape index (κ3) is 3.99. The average molecular weight is 588 g/mol. The molecule has 0 spiro atoms. The highest BCUT2D eigenvalue weighted by atomic mass is 19.1. The third-order valence-electron chi connectivity index (χ3n) is 9.46. The van der Waals surface area contributed by atoms with Crippen LogP contribution in [0.4, 0.5) is 19.0 Å². The van der Waals surface area contributed by atoms with Gasteiger partial charge in [0.1, 0.15) is 53.4 Å². The van der Waals surface area contributed by atoms with Crippen LogP contribution in [0.3, 0.4) is 0 Å². The molecule has 43 heavy (non-hydrogen) atoms. The average Bonchev–Trinajstić information content (AvgIpc) is 3.67. The Balaban J connectivity index is 1.33. The molecule has 3 saturated heterocycles. The Labute approximate surface area is 245 Å². The number of rotatable bonds is 4. The molecular weight excluding hydrogens is 559 g/mol. The molecule has 3 fully saturated rings. The Morgan fingerprint density at radius 1 is 1.14 bits per heavy atom. The fraction of sp³-hybridized carbons (Fsp3) is 0.406. The molecule has 2 aromatic carbocycles. The number of fused-ring (bicyclic) bond motifs is 4. The maximum atomic E-state index is 16.8. The Morgan fingerprint density at radius 3 is 2.88 bits per heavy atom. The van der Waals surface area contributed by atoms with Crippen molar-refractivity contribution in [2.75, 3.05) is 37.7 Å². The summed E-state index contributed by atoms with van der Waals surface area (Å²) in [6, 6.07) is 5.40. The third-order valence-corrected chi connectivity index (χ3v) is 9.46. The number of aromatic hydroxyl groups is 1. The molecule has 11 heteroatoms. The van der Waals surface area contributed by atoms with E-state index in [-0.39, 0.29) is 58.0 Å². The van der Waals surface area contributed by atoms with E-state index in [1.807, 2.05) is 0 Å². The number of phenols is 1. The molecule has 4 aromatic rings. The SMILES string of the molecule is C#Cc1c(F)ccc2cc(O)cc(-c3nc4c5c(nc(OC[C@@]67CCCN6C[C@H](F)C7)nc5c3F)N3CCCC3CO4)c12. The van der Waals surface area contributed by atoms with Crippen molar-refractivity contribution in [1.29, 1.82) is 0 Å². The molecule has 4 aliphatic rings. The van der Waals surface area contributed by atoms with E-state index in [0.717, 1.165) is 32.2 Å². The zero-order chi connectivity index (χ0) is 29.5. The van der Waals surface area contributed by atoms with Gasteiger partial charge in [-0.15, -0.1) is 6.42 Å². The van der Waals surface area contributed by atoms with Gasteiger partial charge in [0.05, 0.1) is 17.1 Å². The molecule has 0 bridgehead atoms. The standard InChI is InChI=1S/C32H28F3N5O3/c1-2-21-23(34)7-6-17-11-20(41)12-22(24(17)21)27-26(35)28-25-29(40-10-3-5-19(40)15-42-30(25)36-27)38-31(37-28)43-16-32-8-4-9-39(32)14-18(33)13-32/h1,6-7,11-12,18-19,41H,3-5,8-10,13-16H2/t18-,19?,32+/m1/s1. The Bertz CT molecular complexity index is 1860. The highest BCUT2D eigenvalue weighted by molar-refractivity contribution is 6.04. The van der Waals surface area contributed by atoms with E-state index in [0.29, 0.717) is 42.7 Å². The minimum absolute atomic E-state index is 0.00134. The molecule has 0 radical (unpaired) electrons. The lowest BCUT2D eigenvalue weighted by Crippen LogP contribution is -2.43. The minimum atomic E-state index is -0.919. The maximum Gasteiger partial charge on any atom is 0.319 e. The van der Waals surface area contributed by atoms with Gasteiger partial charge in [-0.3, -0.25) is 4.90 Å². The van der Waals surface area contributed by atoms with Crippen LogP contribution in [-0.4, -0.2) is 75.6 Å². The molecule has 6 heterocycles. The van der Waals surface area contributed by atoms with Gasteiger partial charge < -0.3 is 19.5 Å². The first-order valence-corrected chi connectivity index (χ1v) is 14.6. The summed E-state index contributed by atoms with van der Waals surface area (Å²) in [6.45, 7) is 2.38. The molecule has 3 atom stereocenters. The first-order valence-electron chi connectivity index (χ1n) is 14.6. The van der Waals surface area contributed by atoms with Gasteiger partial charge >= 0.3 is 6.01 Å². The van der Waals surface area contributed by atoms with Gasteiger partial charge in [0, 0.05) is 30.5 Å². The van der Waals surface area contributed by atoms with Gasteiger partial charge in [-0.2, -0.15) is 9.97 Å². The monoisotopic (exact) mass is 587 g/mol. The lowest BCUT2D eigenvalue weighted by atomic mass is 9.95. The van der Waals surface area contributed by atoms with Crippen molar-refractivity contribution in [2.45, 2.75) is 49.9 Å². The second-order valence-electron chi connectivity index (χ2n) is 12.0. The fourth-order valence-corrected chi connectivity index (χ4v) is 7.52. The van der Waals surface area contributed by atoms with Crippen molar-refractivity contribution >= 4 is 27.5 Å². The van der Waals surface area contributed by atoms with E-state index in [1.165, 1.54) is 24.3 Å². The molecule has 0 aliphatic carbocycles. The van der Waals surface area contributed by atoms with E-state index in [9.17, 15) is 13.9 Å². The quantitative estimate of drug-likeness (QED) is 0.330. The normalized spacial score (nSPS) is 24.6. The van der Waals surface area contributed by atoms with Crippen molar-refractivity contribution in [3.63, 3.8) is 0 Å². The van der Waals surface area contributed by atoms with Crippen molar-refractivity contribution in [3.05, 3.63) is 41.5 Å². The molecular formula is C32H28F3N5O3. The second-order valence-corrected chi connectivity index (χ2v) is 12.0. The maximum absolute atomic E-state index is 16.8. The van der Waals surface area contributed by atoms with Crippen LogP contribution in [0.1, 0.15) is 37.7 Å². The summed E-state index contributed by atoms with van der Waals surface area (Å²) in [5.41, 5.74) is -0.668. The van der Waals surface area contributed by atoms with Crippen LogP contribution in [-0.2, 0) is 0 Å². The van der Waals surface area contributed by atoms with E-state index < -0.39 is 23.3 Å². The number of hydrogen-bond donors (Lipinski definition) is 1. The van der Waals surface area contributed by atoms with Gasteiger partial charge in [-0.1, -0.05) is 12.0 Å². The van der Waals surface area contributed by atoms with E-state index >= 15 is 4.39 Å². The number of phenolic OH excluding ortho intramolecular Hbond substituents is 1. The van der Waals surface area contributed by atoms with Gasteiger partial charge in [0.25, 0.3) is 0 Å². The van der Waals surface area contributed by atoms with E-state index in [1.54, 1.807) is 0 Å². The second kappa shape index (κ2) is 9.61. The predicted octanol–water partition coefficient (Wildman–Crippen LogP) is 5.13. The van der Waals surface area contributed by atoms with E-state index in [4.69, 9.17) is 20.9 Å². The highest BCUT2D eigenvalue weighted by Gasteiger charge is 2.49. The molecule has 8 rings (SSSR count). The summed E-state index contributed by atoms with van der Waals surface area (Å²) >= 11 is 0. The molecule has 1 N–H and O–H groups in total. The van der Waals surface area contributed by atoms with Crippen molar-refractivity contribution in [1.82, 2.24) is 19.9 Å². The molecule has 0 amide bonds. The highest BCUT2D eigenvalue weighted by Crippen LogP contribution is 2.45. The topological polar surface area (TPSA) is 83.8 Å². The minimum Gasteiger partial charge on any atom is -0.508 e. The van der Waals surface area contributed by atoms with Crippen LogP contribution in [0.5, 0.6) is 17.6 Å².